The highest BCUT2D eigenvalue weighted by Crippen LogP contribution is 2.40. The number of aliphatic imine (C=N–C) groups is 1. The van der Waals surface area contributed by atoms with E-state index in [9.17, 15) is 4.79 Å². The van der Waals surface area contributed by atoms with Crippen LogP contribution in [0.5, 0.6) is 0 Å². The summed E-state index contributed by atoms with van der Waals surface area (Å²) in [7, 11) is 0. The second kappa shape index (κ2) is 6.22. The Labute approximate surface area is 137 Å². The molecular formula is C18H25N3O2. The van der Waals surface area contributed by atoms with Gasteiger partial charge < -0.3 is 10.1 Å². The van der Waals surface area contributed by atoms with Crippen LogP contribution in [-0.2, 0) is 4.74 Å². The van der Waals surface area contributed by atoms with Crippen molar-refractivity contribution in [1.29, 1.82) is 0 Å². The van der Waals surface area contributed by atoms with Gasteiger partial charge in [-0.3, -0.25) is 9.89 Å². The Morgan fingerprint density at radius 2 is 2.04 bits per heavy atom. The van der Waals surface area contributed by atoms with E-state index in [0.29, 0.717) is 31.6 Å². The number of carbonyl (C=O) groups excluding carboxylic acids is 1. The molecule has 0 spiro atoms. The molecular weight excluding hydrogens is 290 g/mol. The average Bonchev–Trinajstić information content (AvgIpc) is 3.26. The van der Waals surface area contributed by atoms with Crippen molar-refractivity contribution in [2.75, 3.05) is 19.6 Å². The summed E-state index contributed by atoms with van der Waals surface area (Å²) in [5.74, 6) is 1.45. The van der Waals surface area contributed by atoms with E-state index < -0.39 is 5.60 Å². The maximum absolute atomic E-state index is 12.2. The van der Waals surface area contributed by atoms with E-state index in [4.69, 9.17) is 4.74 Å². The first-order valence-corrected chi connectivity index (χ1v) is 8.25. The number of carbonyl (C=O) groups is 1. The van der Waals surface area contributed by atoms with Gasteiger partial charge in [0.2, 0.25) is 0 Å². The third-order valence-electron chi connectivity index (χ3n) is 4.04. The number of rotatable bonds is 2. The lowest BCUT2D eigenvalue weighted by Crippen LogP contribution is -2.47. The molecule has 1 heterocycles. The molecule has 1 amide bonds. The van der Waals surface area contributed by atoms with Crippen molar-refractivity contribution in [3.8, 4) is 0 Å². The van der Waals surface area contributed by atoms with Crippen LogP contribution in [0.4, 0.5) is 4.79 Å². The van der Waals surface area contributed by atoms with E-state index in [1.54, 1.807) is 4.90 Å². The number of hydrogen-bond donors (Lipinski definition) is 1. The number of hydrogen-bond acceptors (Lipinski definition) is 4. The van der Waals surface area contributed by atoms with Crippen LogP contribution in [0.2, 0.25) is 0 Å². The van der Waals surface area contributed by atoms with Gasteiger partial charge in [-0.25, -0.2) is 4.79 Å². The molecule has 1 saturated carbocycles. The quantitative estimate of drug-likeness (QED) is 0.913. The minimum atomic E-state index is -0.464. The van der Waals surface area contributed by atoms with Gasteiger partial charge in [0.25, 0.3) is 0 Å². The lowest BCUT2D eigenvalue weighted by atomic mass is 10.1. The van der Waals surface area contributed by atoms with Gasteiger partial charge in [-0.2, -0.15) is 0 Å². The van der Waals surface area contributed by atoms with Crippen molar-refractivity contribution < 1.29 is 9.53 Å². The molecule has 2 unspecified atom stereocenters. The fourth-order valence-electron chi connectivity index (χ4n) is 2.83. The highest BCUT2D eigenvalue weighted by molar-refractivity contribution is 5.88. The predicted molar refractivity (Wildman–Crippen MR) is 90.8 cm³/mol. The summed E-state index contributed by atoms with van der Waals surface area (Å²) in [6.45, 7) is 7.41. The Morgan fingerprint density at radius 3 is 2.74 bits per heavy atom. The summed E-state index contributed by atoms with van der Waals surface area (Å²) >= 11 is 0. The Bertz CT molecular complexity index is 592. The van der Waals surface area contributed by atoms with Crippen molar-refractivity contribution in [1.82, 2.24) is 10.2 Å². The standard InChI is InChI=1S/C18H25N3O2/c1-18(2,3)23-17(22)21-10-9-19-16(12-21)20-15-11-14(15)13-7-5-4-6-8-13/h4-8,14-15H,9-12H2,1-3H3,(H,19,20). The Hall–Kier alpha value is -2.04. The van der Waals surface area contributed by atoms with Crippen LogP contribution in [0.25, 0.3) is 0 Å². The van der Waals surface area contributed by atoms with Crippen molar-refractivity contribution >= 4 is 11.9 Å². The van der Waals surface area contributed by atoms with Crippen LogP contribution in [0.3, 0.4) is 0 Å². The summed E-state index contributed by atoms with van der Waals surface area (Å²) in [4.78, 5) is 18.4. The van der Waals surface area contributed by atoms with Gasteiger partial charge in [0.1, 0.15) is 11.4 Å². The number of nitrogens with zero attached hydrogens (tertiary/aromatic N) is 2. The summed E-state index contributed by atoms with van der Waals surface area (Å²) in [5.41, 5.74) is 0.902. The highest BCUT2D eigenvalue weighted by Gasteiger charge is 2.39. The van der Waals surface area contributed by atoms with Crippen LogP contribution in [0.1, 0.15) is 38.7 Å². The molecule has 1 aliphatic carbocycles. The van der Waals surface area contributed by atoms with Gasteiger partial charge in [-0.15, -0.1) is 0 Å². The molecule has 1 N–H and O–H groups in total. The first-order valence-electron chi connectivity index (χ1n) is 8.25. The van der Waals surface area contributed by atoms with Crippen molar-refractivity contribution in [3.05, 3.63) is 35.9 Å². The van der Waals surface area contributed by atoms with E-state index in [1.165, 1.54) is 5.56 Å². The molecule has 1 aromatic rings. The number of ether oxygens (including phenoxy) is 1. The zero-order valence-electron chi connectivity index (χ0n) is 14.1. The van der Waals surface area contributed by atoms with E-state index in [0.717, 1.165) is 12.3 Å². The maximum Gasteiger partial charge on any atom is 0.410 e. The van der Waals surface area contributed by atoms with E-state index in [-0.39, 0.29) is 6.09 Å². The predicted octanol–water partition coefficient (Wildman–Crippen LogP) is 2.78. The van der Waals surface area contributed by atoms with E-state index in [2.05, 4.69) is 34.6 Å². The molecule has 2 atom stereocenters. The van der Waals surface area contributed by atoms with Crippen molar-refractivity contribution in [3.63, 3.8) is 0 Å². The molecule has 23 heavy (non-hydrogen) atoms. The molecule has 3 rings (SSSR count). The molecule has 0 aromatic heterocycles. The summed E-state index contributed by atoms with van der Waals surface area (Å²) in [6, 6.07) is 11.0. The van der Waals surface area contributed by atoms with E-state index >= 15 is 0 Å². The molecule has 124 valence electrons. The Morgan fingerprint density at radius 1 is 1.30 bits per heavy atom. The summed E-state index contributed by atoms with van der Waals surface area (Å²) in [6.07, 6.45) is 0.859. The van der Waals surface area contributed by atoms with Gasteiger partial charge in [0.05, 0.1) is 13.1 Å². The molecule has 0 saturated heterocycles. The van der Waals surface area contributed by atoms with Crippen LogP contribution in [-0.4, -0.2) is 48.1 Å². The molecule has 1 aromatic carbocycles. The SMILES string of the molecule is CC(C)(C)OC(=O)N1CCN=C(NC2CC2c2ccccc2)C1. The van der Waals surface area contributed by atoms with Crippen molar-refractivity contribution in [2.45, 2.75) is 44.8 Å². The van der Waals surface area contributed by atoms with Gasteiger partial charge in [-0.1, -0.05) is 30.3 Å². The van der Waals surface area contributed by atoms with Gasteiger partial charge in [0.15, 0.2) is 0 Å². The first kappa shape index (κ1) is 15.8. The smallest absolute Gasteiger partial charge is 0.410 e. The number of amides is 1. The molecule has 5 nitrogen and oxygen atoms in total. The minimum absolute atomic E-state index is 0.262. The normalized spacial score (nSPS) is 24.0. The number of benzene rings is 1. The van der Waals surface area contributed by atoms with Crippen molar-refractivity contribution in [2.24, 2.45) is 4.99 Å². The van der Waals surface area contributed by atoms with Crippen LogP contribution >= 0.6 is 0 Å². The van der Waals surface area contributed by atoms with Gasteiger partial charge in [0, 0.05) is 18.5 Å². The summed E-state index contributed by atoms with van der Waals surface area (Å²) < 4.78 is 5.44. The Balaban J connectivity index is 1.52. The summed E-state index contributed by atoms with van der Waals surface area (Å²) in [5, 5.41) is 3.49. The third-order valence-corrected chi connectivity index (χ3v) is 4.04. The average molecular weight is 315 g/mol. The zero-order valence-corrected chi connectivity index (χ0v) is 14.1. The van der Waals surface area contributed by atoms with Crippen LogP contribution in [0, 0.1) is 0 Å². The number of nitrogens with one attached hydrogen (secondary N) is 1. The largest absolute Gasteiger partial charge is 0.444 e. The highest BCUT2D eigenvalue weighted by atomic mass is 16.6. The lowest BCUT2D eigenvalue weighted by molar-refractivity contribution is 0.0276. The van der Waals surface area contributed by atoms with Crippen LogP contribution in [0.15, 0.2) is 35.3 Å². The third kappa shape index (κ3) is 4.24. The van der Waals surface area contributed by atoms with Crippen LogP contribution < -0.4 is 5.32 Å². The zero-order chi connectivity index (χ0) is 16.4. The first-order chi connectivity index (χ1) is 10.9. The fraction of sp³-hybridized carbons (Fsp3) is 0.556. The second-order valence-corrected chi connectivity index (χ2v) is 7.23. The maximum atomic E-state index is 12.2. The van der Waals surface area contributed by atoms with Gasteiger partial charge in [-0.05, 0) is 32.8 Å². The monoisotopic (exact) mass is 315 g/mol. The molecule has 1 aliphatic heterocycles. The Kier molecular flexibility index (Phi) is 4.28. The molecule has 2 aliphatic rings. The van der Waals surface area contributed by atoms with Gasteiger partial charge >= 0.3 is 6.09 Å². The fourth-order valence-corrected chi connectivity index (χ4v) is 2.83. The molecule has 0 bridgehead atoms. The topological polar surface area (TPSA) is 53.9 Å². The molecule has 5 heteroatoms. The molecule has 1 fully saturated rings. The second-order valence-electron chi connectivity index (χ2n) is 7.23. The minimum Gasteiger partial charge on any atom is -0.444 e. The number of amidine groups is 1. The van der Waals surface area contributed by atoms with E-state index in [1.807, 2.05) is 26.8 Å². The lowest BCUT2D eigenvalue weighted by Gasteiger charge is -2.30. The molecule has 0 radical (unpaired) electrons.